The number of hydrogen-bond donors (Lipinski definition) is 1. The first kappa shape index (κ1) is 22.6. The first-order chi connectivity index (χ1) is 15.5. The topological polar surface area (TPSA) is 71.5 Å². The highest BCUT2D eigenvalue weighted by atomic mass is 16.7. The number of carbonyl (C=O) groups excluding carboxylic acids is 1. The molecule has 3 unspecified atom stereocenters. The minimum absolute atomic E-state index is 0.0392. The Morgan fingerprint density at radius 1 is 1.19 bits per heavy atom. The van der Waals surface area contributed by atoms with Gasteiger partial charge in [0, 0.05) is 37.8 Å². The van der Waals surface area contributed by atoms with Gasteiger partial charge in [-0.3, -0.25) is 9.69 Å². The molecular weight excluding hydrogens is 408 g/mol. The Labute approximate surface area is 189 Å². The third-order valence-corrected chi connectivity index (χ3v) is 6.24. The fourth-order valence-corrected chi connectivity index (χ4v) is 4.18. The molecule has 0 bridgehead atoms. The highest BCUT2D eigenvalue weighted by Crippen LogP contribution is 2.33. The van der Waals surface area contributed by atoms with Gasteiger partial charge in [0.05, 0.1) is 18.8 Å². The Kier molecular flexibility index (Phi) is 7.29. The smallest absolute Gasteiger partial charge is 0.254 e. The summed E-state index contributed by atoms with van der Waals surface area (Å²) in [6.45, 7) is 7.38. The van der Waals surface area contributed by atoms with Crippen molar-refractivity contribution in [3.8, 4) is 11.5 Å². The summed E-state index contributed by atoms with van der Waals surface area (Å²) in [5.41, 5.74) is 1.50. The summed E-state index contributed by atoms with van der Waals surface area (Å²) in [5, 5.41) is 10.6. The van der Waals surface area contributed by atoms with Gasteiger partial charge in [-0.1, -0.05) is 37.3 Å². The predicted octanol–water partition coefficient (Wildman–Crippen LogP) is 3.09. The molecule has 0 aliphatic carbocycles. The van der Waals surface area contributed by atoms with Crippen molar-refractivity contribution in [1.82, 2.24) is 9.80 Å². The van der Waals surface area contributed by atoms with E-state index in [0.29, 0.717) is 43.3 Å². The van der Waals surface area contributed by atoms with Crippen LogP contribution in [0.5, 0.6) is 11.5 Å². The second kappa shape index (κ2) is 10.3. The first-order valence-corrected chi connectivity index (χ1v) is 11.3. The van der Waals surface area contributed by atoms with Crippen molar-refractivity contribution in [2.24, 2.45) is 0 Å². The zero-order chi connectivity index (χ0) is 22.5. The van der Waals surface area contributed by atoms with Crippen molar-refractivity contribution < 1.29 is 24.1 Å². The van der Waals surface area contributed by atoms with Gasteiger partial charge in [-0.05, 0) is 37.1 Å². The lowest BCUT2D eigenvalue weighted by Crippen LogP contribution is -2.51. The van der Waals surface area contributed by atoms with Crippen LogP contribution < -0.4 is 9.47 Å². The summed E-state index contributed by atoms with van der Waals surface area (Å²) in [4.78, 5) is 17.5. The van der Waals surface area contributed by atoms with Crippen molar-refractivity contribution in [3.05, 3.63) is 59.7 Å². The standard InChI is InChI=1S/C25H32N2O5/c1-3-18(2)27(25(29)20-9-10-23-24(13-20)32-17-31-23)15-21-14-26(11-12-30-21)16-22(28)19-7-5-4-6-8-19/h4-10,13,18,21-22,28H,3,11-12,14-17H2,1-2H3. The number of ether oxygens (including phenoxy) is 3. The van der Waals surface area contributed by atoms with E-state index in [2.05, 4.69) is 18.7 Å². The number of carbonyl (C=O) groups is 1. The van der Waals surface area contributed by atoms with Crippen molar-refractivity contribution in [1.29, 1.82) is 0 Å². The number of aliphatic hydroxyl groups excluding tert-OH is 1. The van der Waals surface area contributed by atoms with Crippen molar-refractivity contribution in [2.75, 3.05) is 39.6 Å². The molecule has 0 spiro atoms. The SMILES string of the molecule is CCC(C)N(CC1CN(CC(O)c2ccccc2)CCO1)C(=O)c1ccc2c(c1)OCO2. The lowest BCUT2D eigenvalue weighted by Gasteiger charge is -2.38. The van der Waals surface area contributed by atoms with Crippen LogP contribution in [0, 0.1) is 0 Å². The molecule has 2 aromatic carbocycles. The average Bonchev–Trinajstić information content (AvgIpc) is 3.30. The van der Waals surface area contributed by atoms with Gasteiger partial charge in [0.15, 0.2) is 11.5 Å². The Bertz CT molecular complexity index is 906. The quantitative estimate of drug-likeness (QED) is 0.680. The van der Waals surface area contributed by atoms with E-state index in [1.807, 2.05) is 35.2 Å². The van der Waals surface area contributed by atoms with E-state index < -0.39 is 6.10 Å². The van der Waals surface area contributed by atoms with Crippen LogP contribution in [0.2, 0.25) is 0 Å². The van der Waals surface area contributed by atoms with Gasteiger partial charge in [0.25, 0.3) is 5.91 Å². The minimum atomic E-state index is -0.545. The summed E-state index contributed by atoms with van der Waals surface area (Å²) < 4.78 is 16.8. The Morgan fingerprint density at radius 3 is 2.75 bits per heavy atom. The van der Waals surface area contributed by atoms with Crippen LogP contribution in [0.3, 0.4) is 0 Å². The Morgan fingerprint density at radius 2 is 1.97 bits per heavy atom. The summed E-state index contributed by atoms with van der Waals surface area (Å²) >= 11 is 0. The van der Waals surface area contributed by atoms with Crippen molar-refractivity contribution in [3.63, 3.8) is 0 Å². The molecule has 1 amide bonds. The maximum atomic E-state index is 13.4. The maximum absolute atomic E-state index is 13.4. The third kappa shape index (κ3) is 5.23. The molecule has 3 atom stereocenters. The molecule has 1 fully saturated rings. The van der Waals surface area contributed by atoms with Gasteiger partial charge in [-0.25, -0.2) is 0 Å². The van der Waals surface area contributed by atoms with Gasteiger partial charge in [-0.15, -0.1) is 0 Å². The van der Waals surface area contributed by atoms with E-state index in [0.717, 1.165) is 18.5 Å². The number of rotatable bonds is 8. The monoisotopic (exact) mass is 440 g/mol. The Hall–Kier alpha value is -2.61. The van der Waals surface area contributed by atoms with Gasteiger partial charge in [0.2, 0.25) is 6.79 Å². The maximum Gasteiger partial charge on any atom is 0.254 e. The van der Waals surface area contributed by atoms with E-state index in [-0.39, 0.29) is 24.8 Å². The predicted molar refractivity (Wildman–Crippen MR) is 121 cm³/mol. The number of morpholine rings is 1. The zero-order valence-electron chi connectivity index (χ0n) is 18.8. The lowest BCUT2D eigenvalue weighted by atomic mass is 10.1. The van der Waals surface area contributed by atoms with Gasteiger partial charge < -0.3 is 24.2 Å². The van der Waals surface area contributed by atoms with Crippen LogP contribution in [0.1, 0.15) is 42.3 Å². The number of nitrogens with zero attached hydrogens (tertiary/aromatic N) is 2. The summed E-state index contributed by atoms with van der Waals surface area (Å²) in [5.74, 6) is 1.23. The van der Waals surface area contributed by atoms with Gasteiger partial charge in [-0.2, -0.15) is 0 Å². The van der Waals surface area contributed by atoms with Crippen LogP contribution in [0.25, 0.3) is 0 Å². The minimum Gasteiger partial charge on any atom is -0.454 e. The highest BCUT2D eigenvalue weighted by Gasteiger charge is 2.29. The number of benzene rings is 2. The number of aliphatic hydroxyl groups is 1. The van der Waals surface area contributed by atoms with Crippen LogP contribution in [-0.2, 0) is 4.74 Å². The number of β-amino-alcohol motifs (C(OH)–C–C–N with tert-alkyl or cyclic N) is 1. The summed E-state index contributed by atoms with van der Waals surface area (Å²) in [6, 6.07) is 15.1. The van der Waals surface area contributed by atoms with Crippen molar-refractivity contribution in [2.45, 2.75) is 38.5 Å². The number of fused-ring (bicyclic) bond motifs is 1. The number of hydrogen-bond acceptors (Lipinski definition) is 6. The second-order valence-electron chi connectivity index (χ2n) is 8.46. The molecule has 0 radical (unpaired) electrons. The van der Waals surface area contributed by atoms with E-state index in [4.69, 9.17) is 14.2 Å². The molecule has 1 saturated heterocycles. The van der Waals surface area contributed by atoms with Crippen molar-refractivity contribution >= 4 is 5.91 Å². The molecule has 0 saturated carbocycles. The zero-order valence-corrected chi connectivity index (χ0v) is 18.8. The summed E-state index contributed by atoms with van der Waals surface area (Å²) in [6.07, 6.45) is 0.189. The largest absolute Gasteiger partial charge is 0.454 e. The molecule has 0 aromatic heterocycles. The molecule has 7 heteroatoms. The lowest BCUT2D eigenvalue weighted by molar-refractivity contribution is -0.0538. The molecular formula is C25H32N2O5. The van der Waals surface area contributed by atoms with Crippen LogP contribution in [-0.4, -0.2) is 72.5 Å². The molecule has 32 heavy (non-hydrogen) atoms. The van der Waals surface area contributed by atoms with E-state index in [1.165, 1.54) is 0 Å². The van der Waals surface area contributed by atoms with Crippen LogP contribution in [0.4, 0.5) is 0 Å². The van der Waals surface area contributed by atoms with E-state index in [1.54, 1.807) is 18.2 Å². The normalized spacial score (nSPS) is 20.0. The second-order valence-corrected chi connectivity index (χ2v) is 8.46. The molecule has 172 valence electrons. The third-order valence-electron chi connectivity index (χ3n) is 6.24. The molecule has 2 heterocycles. The van der Waals surface area contributed by atoms with Crippen LogP contribution >= 0.6 is 0 Å². The molecule has 4 rings (SSSR count). The van der Waals surface area contributed by atoms with Crippen LogP contribution in [0.15, 0.2) is 48.5 Å². The molecule has 1 N–H and O–H groups in total. The van der Waals surface area contributed by atoms with E-state index >= 15 is 0 Å². The fraction of sp³-hybridized carbons (Fsp3) is 0.480. The fourth-order valence-electron chi connectivity index (χ4n) is 4.18. The molecule has 2 aliphatic heterocycles. The van der Waals surface area contributed by atoms with Gasteiger partial charge >= 0.3 is 0 Å². The first-order valence-electron chi connectivity index (χ1n) is 11.3. The summed E-state index contributed by atoms with van der Waals surface area (Å²) in [7, 11) is 0. The molecule has 7 nitrogen and oxygen atoms in total. The molecule has 2 aliphatic rings. The number of amides is 1. The Balaban J connectivity index is 1.41. The molecule has 2 aromatic rings. The average molecular weight is 441 g/mol. The van der Waals surface area contributed by atoms with E-state index in [9.17, 15) is 9.90 Å². The highest BCUT2D eigenvalue weighted by molar-refractivity contribution is 5.95. The van der Waals surface area contributed by atoms with Gasteiger partial charge in [0.1, 0.15) is 0 Å².